The third kappa shape index (κ3) is 3.31. The minimum atomic E-state index is -0.210. The van der Waals surface area contributed by atoms with Gasteiger partial charge in [-0.3, -0.25) is 9.78 Å². The summed E-state index contributed by atoms with van der Waals surface area (Å²) in [6, 6.07) is 7.11. The molecular weight excluding hydrogens is 268 g/mol. The maximum absolute atomic E-state index is 12.2. The van der Waals surface area contributed by atoms with Crippen molar-refractivity contribution in [1.29, 1.82) is 0 Å². The summed E-state index contributed by atoms with van der Waals surface area (Å²) in [4.78, 5) is 16.3. The molecule has 1 aromatic carbocycles. The van der Waals surface area contributed by atoms with Gasteiger partial charge in [-0.1, -0.05) is 0 Å². The Kier molecular flexibility index (Phi) is 4.42. The zero-order chi connectivity index (χ0) is 15.4. The van der Waals surface area contributed by atoms with E-state index in [1.165, 1.54) is 0 Å². The minimum absolute atomic E-state index is 0.210. The Morgan fingerprint density at radius 1 is 1.10 bits per heavy atom. The Labute approximate surface area is 123 Å². The van der Waals surface area contributed by atoms with Crippen molar-refractivity contribution in [3.8, 4) is 11.5 Å². The zero-order valence-electron chi connectivity index (χ0n) is 12.6. The molecule has 1 amide bonds. The van der Waals surface area contributed by atoms with Crippen LogP contribution in [0.4, 0.5) is 5.69 Å². The smallest absolute Gasteiger partial charge is 0.257 e. The number of amides is 1. The van der Waals surface area contributed by atoms with Crippen molar-refractivity contribution >= 4 is 11.6 Å². The van der Waals surface area contributed by atoms with E-state index in [0.717, 1.165) is 11.3 Å². The van der Waals surface area contributed by atoms with Gasteiger partial charge >= 0.3 is 0 Å². The first-order chi connectivity index (χ1) is 10.0. The Bertz CT molecular complexity index is 651. The monoisotopic (exact) mass is 286 g/mol. The van der Waals surface area contributed by atoms with Gasteiger partial charge < -0.3 is 14.8 Å². The highest BCUT2D eigenvalue weighted by atomic mass is 16.5. The van der Waals surface area contributed by atoms with Crippen LogP contribution in [0.5, 0.6) is 11.5 Å². The largest absolute Gasteiger partial charge is 0.493 e. The second-order valence-electron chi connectivity index (χ2n) is 4.66. The molecule has 0 fully saturated rings. The number of benzene rings is 1. The summed E-state index contributed by atoms with van der Waals surface area (Å²) in [5, 5.41) is 2.86. The van der Waals surface area contributed by atoms with Gasteiger partial charge in [-0.05, 0) is 37.6 Å². The molecule has 5 heteroatoms. The van der Waals surface area contributed by atoms with E-state index in [2.05, 4.69) is 10.3 Å². The van der Waals surface area contributed by atoms with Crippen molar-refractivity contribution in [1.82, 2.24) is 4.98 Å². The third-order valence-corrected chi connectivity index (χ3v) is 3.15. The fourth-order valence-corrected chi connectivity index (χ4v) is 1.91. The fraction of sp³-hybridized carbons (Fsp3) is 0.250. The first kappa shape index (κ1) is 14.8. The average Bonchev–Trinajstić information content (AvgIpc) is 2.49. The number of carbonyl (C=O) groups is 1. The highest BCUT2D eigenvalue weighted by Gasteiger charge is 2.12. The van der Waals surface area contributed by atoms with Gasteiger partial charge in [0.2, 0.25) is 0 Å². The summed E-state index contributed by atoms with van der Waals surface area (Å²) in [7, 11) is 3.14. The molecule has 1 heterocycles. The van der Waals surface area contributed by atoms with Crippen LogP contribution in [-0.4, -0.2) is 25.1 Å². The van der Waals surface area contributed by atoms with Crippen LogP contribution in [0.25, 0.3) is 0 Å². The molecule has 0 saturated carbocycles. The van der Waals surface area contributed by atoms with Crippen molar-refractivity contribution < 1.29 is 14.3 Å². The molecule has 1 N–H and O–H groups in total. The molecule has 0 unspecified atom stereocenters. The summed E-state index contributed by atoms with van der Waals surface area (Å²) in [5.74, 6) is 0.989. The fourth-order valence-electron chi connectivity index (χ4n) is 1.91. The number of anilines is 1. The predicted octanol–water partition coefficient (Wildman–Crippen LogP) is 2.97. The molecule has 0 aliphatic carbocycles. The number of nitrogens with zero attached hydrogens (tertiary/aromatic N) is 1. The molecule has 0 bridgehead atoms. The van der Waals surface area contributed by atoms with Crippen LogP contribution in [0.2, 0.25) is 0 Å². The lowest BCUT2D eigenvalue weighted by Crippen LogP contribution is -2.13. The lowest BCUT2D eigenvalue weighted by atomic mass is 10.1. The predicted molar refractivity (Wildman–Crippen MR) is 81.2 cm³/mol. The highest BCUT2D eigenvalue weighted by molar-refractivity contribution is 6.04. The van der Waals surface area contributed by atoms with Gasteiger partial charge in [-0.15, -0.1) is 0 Å². The number of carbonyl (C=O) groups excluding carboxylic acids is 1. The molecule has 0 spiro atoms. The van der Waals surface area contributed by atoms with Crippen LogP contribution >= 0.6 is 0 Å². The molecule has 1 aromatic heterocycles. The number of methoxy groups -OCH3 is 2. The number of hydrogen-bond donors (Lipinski definition) is 1. The first-order valence-electron chi connectivity index (χ1n) is 6.51. The molecule has 0 saturated heterocycles. The molecule has 0 atom stereocenters. The van der Waals surface area contributed by atoms with Crippen LogP contribution in [0.1, 0.15) is 21.6 Å². The van der Waals surface area contributed by atoms with Gasteiger partial charge in [0.15, 0.2) is 11.5 Å². The third-order valence-electron chi connectivity index (χ3n) is 3.15. The summed E-state index contributed by atoms with van der Waals surface area (Å²) >= 11 is 0. The van der Waals surface area contributed by atoms with Gasteiger partial charge in [0.25, 0.3) is 5.91 Å². The lowest BCUT2D eigenvalue weighted by Gasteiger charge is -2.13. The highest BCUT2D eigenvalue weighted by Crippen LogP contribution is 2.33. The second kappa shape index (κ2) is 6.26. The molecule has 0 radical (unpaired) electrons. The number of rotatable bonds is 4. The lowest BCUT2D eigenvalue weighted by molar-refractivity contribution is 0.102. The van der Waals surface area contributed by atoms with E-state index in [1.807, 2.05) is 19.9 Å². The minimum Gasteiger partial charge on any atom is -0.493 e. The van der Waals surface area contributed by atoms with Gasteiger partial charge in [-0.25, -0.2) is 0 Å². The van der Waals surface area contributed by atoms with E-state index in [0.29, 0.717) is 22.7 Å². The normalized spacial score (nSPS) is 10.1. The van der Waals surface area contributed by atoms with Crippen molar-refractivity contribution in [3.63, 3.8) is 0 Å². The number of aryl methyl sites for hydroxylation is 2. The number of hydrogen-bond acceptors (Lipinski definition) is 4. The summed E-state index contributed by atoms with van der Waals surface area (Å²) in [6.45, 7) is 3.77. The van der Waals surface area contributed by atoms with Crippen molar-refractivity contribution in [3.05, 3.63) is 47.3 Å². The van der Waals surface area contributed by atoms with Crippen LogP contribution in [0, 0.1) is 13.8 Å². The van der Waals surface area contributed by atoms with E-state index in [9.17, 15) is 4.79 Å². The molecule has 21 heavy (non-hydrogen) atoms. The number of ether oxygens (including phenoxy) is 2. The molecule has 110 valence electrons. The van der Waals surface area contributed by atoms with Gasteiger partial charge in [0, 0.05) is 23.6 Å². The van der Waals surface area contributed by atoms with E-state index in [-0.39, 0.29) is 5.91 Å². The molecule has 2 aromatic rings. The van der Waals surface area contributed by atoms with Crippen LogP contribution in [-0.2, 0) is 0 Å². The Morgan fingerprint density at radius 3 is 2.33 bits per heavy atom. The quantitative estimate of drug-likeness (QED) is 0.938. The van der Waals surface area contributed by atoms with E-state index >= 15 is 0 Å². The van der Waals surface area contributed by atoms with Crippen molar-refractivity contribution in [2.24, 2.45) is 0 Å². The Morgan fingerprint density at radius 2 is 1.76 bits per heavy atom. The van der Waals surface area contributed by atoms with Crippen molar-refractivity contribution in [2.45, 2.75) is 13.8 Å². The topological polar surface area (TPSA) is 60.5 Å². The molecule has 5 nitrogen and oxygen atoms in total. The first-order valence-corrected chi connectivity index (χ1v) is 6.51. The maximum atomic E-state index is 12.2. The number of pyridine rings is 1. The van der Waals surface area contributed by atoms with E-state index in [4.69, 9.17) is 9.47 Å². The van der Waals surface area contributed by atoms with E-state index < -0.39 is 0 Å². The SMILES string of the molecule is COc1cc(C)c(NC(=O)c2ccc(C)nc2)cc1OC. The molecule has 2 rings (SSSR count). The molecular formula is C16H18N2O3. The Hall–Kier alpha value is -2.56. The van der Waals surface area contributed by atoms with E-state index in [1.54, 1.807) is 38.6 Å². The van der Waals surface area contributed by atoms with Gasteiger partial charge in [-0.2, -0.15) is 0 Å². The van der Waals surface area contributed by atoms with Gasteiger partial charge in [0.05, 0.1) is 19.8 Å². The Balaban J connectivity index is 2.26. The van der Waals surface area contributed by atoms with Crippen LogP contribution in [0.15, 0.2) is 30.5 Å². The average molecular weight is 286 g/mol. The maximum Gasteiger partial charge on any atom is 0.257 e. The second-order valence-corrected chi connectivity index (χ2v) is 4.66. The molecule has 0 aliphatic heterocycles. The van der Waals surface area contributed by atoms with Crippen LogP contribution in [0.3, 0.4) is 0 Å². The summed E-state index contributed by atoms with van der Waals surface area (Å²) in [5.41, 5.74) is 2.95. The van der Waals surface area contributed by atoms with Gasteiger partial charge in [0.1, 0.15) is 0 Å². The summed E-state index contributed by atoms with van der Waals surface area (Å²) in [6.07, 6.45) is 1.56. The molecule has 0 aliphatic rings. The number of aromatic nitrogens is 1. The van der Waals surface area contributed by atoms with Crippen molar-refractivity contribution in [2.75, 3.05) is 19.5 Å². The zero-order valence-corrected chi connectivity index (χ0v) is 12.6. The van der Waals surface area contributed by atoms with Crippen LogP contribution < -0.4 is 14.8 Å². The number of nitrogens with one attached hydrogen (secondary N) is 1. The standard InChI is InChI=1S/C16H18N2O3/c1-10-7-14(20-3)15(21-4)8-13(10)18-16(19)12-6-5-11(2)17-9-12/h5-9H,1-4H3,(H,18,19). The summed E-state index contributed by atoms with van der Waals surface area (Å²) < 4.78 is 10.5.